The third-order valence-corrected chi connectivity index (χ3v) is 4.42. The third kappa shape index (κ3) is 2.64. The lowest BCUT2D eigenvalue weighted by atomic mass is 10.2. The topological polar surface area (TPSA) is 58.4 Å². The van der Waals surface area contributed by atoms with Gasteiger partial charge in [-0.05, 0) is 30.7 Å². The number of aryl methyl sites for hydroxylation is 1. The number of benzene rings is 1. The Balaban J connectivity index is 1.92. The number of para-hydroxylation sites is 1. The van der Waals surface area contributed by atoms with Gasteiger partial charge in [-0.3, -0.25) is 4.40 Å². The van der Waals surface area contributed by atoms with Crippen molar-refractivity contribution in [2.24, 2.45) is 0 Å². The predicted octanol–water partition coefficient (Wildman–Crippen LogP) is 4.05. The summed E-state index contributed by atoms with van der Waals surface area (Å²) in [6.45, 7) is 2.01. The fourth-order valence-corrected chi connectivity index (χ4v) is 3.03. The summed E-state index contributed by atoms with van der Waals surface area (Å²) >= 11 is 6.35. The fraction of sp³-hybridized carbons (Fsp3) is 0.167. The number of pyridine rings is 1. The standard InChI is InChI=1S/C18H17ClN6/c1-11-5-4-6-12(19)16(11)23-17-14-9-20-10-25(14)18-13(21-17)7-8-15(22-18)24(2)3/h4-10H,1-3H3,(H,21,23). The third-order valence-electron chi connectivity index (χ3n) is 4.10. The van der Waals surface area contributed by atoms with Crippen molar-refractivity contribution in [3.8, 4) is 0 Å². The summed E-state index contributed by atoms with van der Waals surface area (Å²) in [5, 5.41) is 4.01. The van der Waals surface area contributed by atoms with Gasteiger partial charge in [-0.1, -0.05) is 23.7 Å². The molecule has 0 saturated carbocycles. The highest BCUT2D eigenvalue weighted by molar-refractivity contribution is 6.33. The largest absolute Gasteiger partial charge is 0.363 e. The molecule has 4 rings (SSSR count). The number of imidazole rings is 1. The van der Waals surface area contributed by atoms with Crippen molar-refractivity contribution >= 4 is 45.6 Å². The molecule has 25 heavy (non-hydrogen) atoms. The summed E-state index contributed by atoms with van der Waals surface area (Å²) in [4.78, 5) is 15.7. The molecule has 0 radical (unpaired) electrons. The first-order chi connectivity index (χ1) is 12.0. The maximum absolute atomic E-state index is 6.35. The van der Waals surface area contributed by atoms with E-state index < -0.39 is 0 Å². The van der Waals surface area contributed by atoms with Crippen LogP contribution >= 0.6 is 11.6 Å². The molecule has 0 amide bonds. The maximum atomic E-state index is 6.35. The smallest absolute Gasteiger partial charge is 0.166 e. The molecule has 126 valence electrons. The number of aromatic nitrogens is 4. The molecule has 3 heterocycles. The normalized spacial score (nSPS) is 11.2. The van der Waals surface area contributed by atoms with E-state index in [1.165, 1.54) is 0 Å². The predicted molar refractivity (Wildman–Crippen MR) is 102 cm³/mol. The SMILES string of the molecule is Cc1cccc(Cl)c1Nc1nc2ccc(N(C)C)nc2n2cncc12. The second-order valence-electron chi connectivity index (χ2n) is 6.07. The Morgan fingerprint density at radius 1 is 1.12 bits per heavy atom. The summed E-state index contributed by atoms with van der Waals surface area (Å²) < 4.78 is 1.93. The highest BCUT2D eigenvalue weighted by Crippen LogP contribution is 2.31. The zero-order valence-electron chi connectivity index (χ0n) is 14.2. The van der Waals surface area contributed by atoms with Crippen molar-refractivity contribution < 1.29 is 0 Å². The van der Waals surface area contributed by atoms with Crippen LogP contribution in [-0.2, 0) is 0 Å². The van der Waals surface area contributed by atoms with Crippen LogP contribution in [0.4, 0.5) is 17.3 Å². The van der Waals surface area contributed by atoms with E-state index in [2.05, 4.69) is 10.3 Å². The number of fused-ring (bicyclic) bond motifs is 3. The minimum absolute atomic E-state index is 0.653. The number of hydrogen-bond donors (Lipinski definition) is 1. The van der Waals surface area contributed by atoms with E-state index in [1.807, 2.05) is 60.7 Å². The lowest BCUT2D eigenvalue weighted by Crippen LogP contribution is -2.11. The van der Waals surface area contributed by atoms with Gasteiger partial charge in [0.15, 0.2) is 11.5 Å². The molecular weight excluding hydrogens is 336 g/mol. The summed E-state index contributed by atoms with van der Waals surface area (Å²) in [5.41, 5.74) is 4.28. The average Bonchev–Trinajstić information content (AvgIpc) is 3.08. The molecule has 0 atom stereocenters. The lowest BCUT2D eigenvalue weighted by molar-refractivity contribution is 1.06. The molecule has 4 aromatic rings. The Hall–Kier alpha value is -2.86. The van der Waals surface area contributed by atoms with Crippen LogP contribution in [0, 0.1) is 6.92 Å². The van der Waals surface area contributed by atoms with E-state index in [9.17, 15) is 0 Å². The molecule has 0 bridgehead atoms. The van der Waals surface area contributed by atoms with E-state index in [0.717, 1.165) is 33.7 Å². The Bertz CT molecular complexity index is 1070. The van der Waals surface area contributed by atoms with E-state index in [-0.39, 0.29) is 0 Å². The minimum Gasteiger partial charge on any atom is -0.363 e. The number of anilines is 3. The molecule has 3 aromatic heterocycles. The minimum atomic E-state index is 0.653. The Morgan fingerprint density at radius 2 is 1.96 bits per heavy atom. The molecule has 1 aromatic carbocycles. The van der Waals surface area contributed by atoms with Crippen molar-refractivity contribution in [2.75, 3.05) is 24.3 Å². The number of hydrogen-bond acceptors (Lipinski definition) is 5. The number of nitrogens with one attached hydrogen (secondary N) is 1. The Morgan fingerprint density at radius 3 is 2.72 bits per heavy atom. The van der Waals surface area contributed by atoms with Crippen LogP contribution in [0.3, 0.4) is 0 Å². The van der Waals surface area contributed by atoms with Crippen LogP contribution in [0.1, 0.15) is 5.56 Å². The average molecular weight is 353 g/mol. The van der Waals surface area contributed by atoms with Gasteiger partial charge in [-0.15, -0.1) is 0 Å². The van der Waals surface area contributed by atoms with Gasteiger partial charge in [-0.2, -0.15) is 0 Å². The first-order valence-corrected chi connectivity index (χ1v) is 8.24. The Labute approximate surface area is 150 Å². The van der Waals surface area contributed by atoms with Gasteiger partial charge >= 0.3 is 0 Å². The maximum Gasteiger partial charge on any atom is 0.166 e. The molecule has 0 aliphatic rings. The van der Waals surface area contributed by atoms with Crippen molar-refractivity contribution in [1.82, 2.24) is 19.4 Å². The summed E-state index contributed by atoms with van der Waals surface area (Å²) in [7, 11) is 3.92. The van der Waals surface area contributed by atoms with Gasteiger partial charge in [0.25, 0.3) is 0 Å². The van der Waals surface area contributed by atoms with E-state index in [1.54, 1.807) is 12.5 Å². The summed E-state index contributed by atoms with van der Waals surface area (Å²) in [5.74, 6) is 1.56. The van der Waals surface area contributed by atoms with Crippen molar-refractivity contribution in [1.29, 1.82) is 0 Å². The fourth-order valence-electron chi connectivity index (χ4n) is 2.76. The lowest BCUT2D eigenvalue weighted by Gasteiger charge is -2.15. The number of rotatable bonds is 3. The molecule has 0 unspecified atom stereocenters. The van der Waals surface area contributed by atoms with Crippen LogP contribution < -0.4 is 10.2 Å². The highest BCUT2D eigenvalue weighted by atomic mass is 35.5. The molecule has 0 aliphatic carbocycles. The number of nitrogens with zero attached hydrogens (tertiary/aromatic N) is 5. The molecule has 0 saturated heterocycles. The van der Waals surface area contributed by atoms with Gasteiger partial charge < -0.3 is 10.2 Å². The van der Waals surface area contributed by atoms with Crippen molar-refractivity contribution in [2.45, 2.75) is 6.92 Å². The van der Waals surface area contributed by atoms with Crippen LogP contribution in [0.2, 0.25) is 5.02 Å². The molecule has 7 heteroatoms. The van der Waals surface area contributed by atoms with Gasteiger partial charge in [0.05, 0.1) is 16.9 Å². The quantitative estimate of drug-likeness (QED) is 0.602. The van der Waals surface area contributed by atoms with E-state index >= 15 is 0 Å². The zero-order chi connectivity index (χ0) is 17.6. The van der Waals surface area contributed by atoms with Crippen molar-refractivity contribution in [3.63, 3.8) is 0 Å². The van der Waals surface area contributed by atoms with Gasteiger partial charge in [0.1, 0.15) is 23.2 Å². The molecule has 0 aliphatic heterocycles. The molecular formula is C18H17ClN6. The second kappa shape index (κ2) is 5.89. The van der Waals surface area contributed by atoms with E-state index in [4.69, 9.17) is 21.6 Å². The van der Waals surface area contributed by atoms with Gasteiger partial charge in [-0.25, -0.2) is 15.0 Å². The molecule has 6 nitrogen and oxygen atoms in total. The first-order valence-electron chi connectivity index (χ1n) is 7.87. The monoisotopic (exact) mass is 352 g/mol. The Kier molecular flexibility index (Phi) is 3.69. The van der Waals surface area contributed by atoms with Crippen LogP contribution in [0.15, 0.2) is 42.9 Å². The first kappa shape index (κ1) is 15.7. The van der Waals surface area contributed by atoms with Crippen LogP contribution in [0.5, 0.6) is 0 Å². The van der Waals surface area contributed by atoms with Gasteiger partial charge in [0.2, 0.25) is 0 Å². The summed E-state index contributed by atoms with van der Waals surface area (Å²) in [6, 6.07) is 9.70. The molecule has 0 spiro atoms. The number of halogens is 1. The van der Waals surface area contributed by atoms with Gasteiger partial charge in [0, 0.05) is 14.1 Å². The van der Waals surface area contributed by atoms with Crippen LogP contribution in [-0.4, -0.2) is 33.4 Å². The zero-order valence-corrected chi connectivity index (χ0v) is 14.9. The molecule has 0 fully saturated rings. The van der Waals surface area contributed by atoms with Crippen LogP contribution in [0.25, 0.3) is 16.7 Å². The highest BCUT2D eigenvalue weighted by Gasteiger charge is 2.13. The van der Waals surface area contributed by atoms with E-state index in [0.29, 0.717) is 10.8 Å². The van der Waals surface area contributed by atoms with Crippen molar-refractivity contribution in [3.05, 3.63) is 53.4 Å². The second-order valence-corrected chi connectivity index (χ2v) is 6.48. The molecule has 1 N–H and O–H groups in total. The summed E-state index contributed by atoms with van der Waals surface area (Å²) in [6.07, 6.45) is 3.52.